The van der Waals surface area contributed by atoms with Gasteiger partial charge in [0.1, 0.15) is 17.6 Å². The number of carbonyl (C=O) groups is 1. The van der Waals surface area contributed by atoms with Crippen LogP contribution in [-0.4, -0.2) is 31.5 Å². The molecule has 0 spiro atoms. The molecule has 7 heteroatoms. The van der Waals surface area contributed by atoms with Crippen molar-refractivity contribution in [2.75, 3.05) is 0 Å². The maximum absolute atomic E-state index is 14.6. The highest BCUT2D eigenvalue weighted by Crippen LogP contribution is 2.61. The largest absolute Gasteiger partial charge is 0.390 e. The van der Waals surface area contributed by atoms with Gasteiger partial charge in [0.2, 0.25) is 0 Å². The van der Waals surface area contributed by atoms with Crippen LogP contribution < -0.4 is 0 Å². The van der Waals surface area contributed by atoms with Crippen molar-refractivity contribution in [3.8, 4) is 0 Å². The molecule has 0 bridgehead atoms. The molecule has 7 atom stereocenters. The van der Waals surface area contributed by atoms with E-state index in [2.05, 4.69) is 24.2 Å². The van der Waals surface area contributed by atoms with Crippen molar-refractivity contribution in [3.63, 3.8) is 0 Å². The van der Waals surface area contributed by atoms with Gasteiger partial charge in [0.25, 0.3) is 0 Å². The topological polar surface area (TPSA) is 68.0 Å². The number of hydrogen-bond donors (Lipinski definition) is 1. The van der Waals surface area contributed by atoms with Crippen LogP contribution in [0.1, 0.15) is 91.4 Å². The number of ketones is 1. The Morgan fingerprint density at radius 1 is 1.25 bits per heavy atom. The lowest BCUT2D eigenvalue weighted by atomic mass is 9.46. The van der Waals surface area contributed by atoms with Crippen LogP contribution in [0.3, 0.4) is 0 Å². The van der Waals surface area contributed by atoms with Gasteiger partial charge >= 0.3 is 0 Å². The third-order valence-electron chi connectivity index (χ3n) is 10.4. The molecule has 198 valence electrons. The molecule has 36 heavy (non-hydrogen) atoms. The Morgan fingerprint density at radius 2 is 2.06 bits per heavy atom. The molecule has 0 unspecified atom stereocenters. The predicted molar refractivity (Wildman–Crippen MR) is 140 cm³/mol. The molecule has 3 fully saturated rings. The molecule has 0 amide bonds. The minimum absolute atomic E-state index is 0.0161. The molecule has 3 saturated carbocycles. The summed E-state index contributed by atoms with van der Waals surface area (Å²) in [6, 6.07) is 3.10. The van der Waals surface area contributed by atoms with E-state index in [1.165, 1.54) is 42.9 Å². The van der Waals surface area contributed by atoms with Gasteiger partial charge in [-0.3, -0.25) is 4.79 Å². The highest BCUT2D eigenvalue weighted by atomic mass is 35.5. The van der Waals surface area contributed by atoms with Crippen molar-refractivity contribution in [1.29, 1.82) is 0 Å². The number of aromatic nitrogens is 3. The molecule has 1 heterocycles. The average molecular weight is 518 g/mol. The first-order valence-corrected chi connectivity index (χ1v) is 14.4. The lowest BCUT2D eigenvalue weighted by Gasteiger charge is -2.59. The third-order valence-corrected chi connectivity index (χ3v) is 10.7. The standard InChI is InChI=1S/C29H41ClFN3O2/c1-4-18(25(35)17-34-27-24(32-33-34)13-12-23(30)26(27)31)8-9-19-6-5-7-22-21(19)11-10-20-16-28(2,36)14-15-29(20,22)3/h12-13,18-22,36H,4-11,14-17H2,1-3H3/t18-,19+,20-,21+,22+,28-,29+/m1/s1. The normalized spacial score (nSPS) is 35.3. The molecule has 1 N–H and O–H groups in total. The number of rotatable bonds is 7. The molecule has 2 aromatic rings. The minimum Gasteiger partial charge on any atom is -0.390 e. The van der Waals surface area contributed by atoms with Crippen molar-refractivity contribution >= 4 is 28.4 Å². The fraction of sp³-hybridized carbons (Fsp3) is 0.759. The molecule has 3 aliphatic carbocycles. The molecule has 0 aliphatic heterocycles. The fourth-order valence-corrected chi connectivity index (χ4v) is 8.44. The Bertz CT molecular complexity index is 1120. The van der Waals surface area contributed by atoms with Gasteiger partial charge in [0, 0.05) is 5.92 Å². The molecule has 5 nitrogen and oxygen atoms in total. The van der Waals surface area contributed by atoms with E-state index in [0.717, 1.165) is 50.4 Å². The highest BCUT2D eigenvalue weighted by Gasteiger charge is 2.54. The molecule has 0 saturated heterocycles. The van der Waals surface area contributed by atoms with Crippen molar-refractivity contribution < 1.29 is 14.3 Å². The van der Waals surface area contributed by atoms with Crippen LogP contribution in [0.2, 0.25) is 5.02 Å². The van der Waals surface area contributed by atoms with Crippen LogP contribution in [0.5, 0.6) is 0 Å². The van der Waals surface area contributed by atoms with E-state index < -0.39 is 11.4 Å². The number of benzene rings is 1. The average Bonchev–Trinajstić information content (AvgIpc) is 3.25. The summed E-state index contributed by atoms with van der Waals surface area (Å²) in [5.41, 5.74) is 0.476. The maximum Gasteiger partial charge on any atom is 0.169 e. The van der Waals surface area contributed by atoms with Crippen LogP contribution in [0.25, 0.3) is 11.0 Å². The lowest BCUT2D eigenvalue weighted by Crippen LogP contribution is -2.53. The van der Waals surface area contributed by atoms with Gasteiger partial charge in [-0.1, -0.05) is 43.5 Å². The first-order valence-electron chi connectivity index (χ1n) is 14.0. The van der Waals surface area contributed by atoms with E-state index in [-0.39, 0.29) is 28.8 Å². The van der Waals surface area contributed by atoms with Crippen LogP contribution in [0.15, 0.2) is 12.1 Å². The quantitative estimate of drug-likeness (QED) is 0.430. The second kappa shape index (κ2) is 9.98. The molecular formula is C29H41ClFN3O2. The number of halogens is 2. The van der Waals surface area contributed by atoms with Crippen LogP contribution in [0, 0.1) is 40.8 Å². The Balaban J connectivity index is 1.24. The first kappa shape index (κ1) is 26.1. The van der Waals surface area contributed by atoms with Crippen molar-refractivity contribution in [1.82, 2.24) is 15.0 Å². The zero-order valence-electron chi connectivity index (χ0n) is 22.0. The lowest BCUT2D eigenvalue weighted by molar-refractivity contribution is -0.129. The van der Waals surface area contributed by atoms with E-state index in [4.69, 9.17) is 11.6 Å². The van der Waals surface area contributed by atoms with Gasteiger partial charge in [-0.2, -0.15) is 0 Å². The van der Waals surface area contributed by atoms with Gasteiger partial charge in [-0.25, -0.2) is 9.07 Å². The van der Waals surface area contributed by atoms with Gasteiger partial charge in [-0.15, -0.1) is 5.10 Å². The van der Waals surface area contributed by atoms with Gasteiger partial charge in [0.15, 0.2) is 11.6 Å². The summed E-state index contributed by atoms with van der Waals surface area (Å²) >= 11 is 5.96. The summed E-state index contributed by atoms with van der Waals surface area (Å²) in [7, 11) is 0. The van der Waals surface area contributed by atoms with E-state index >= 15 is 0 Å². The van der Waals surface area contributed by atoms with Gasteiger partial charge in [-0.05, 0) is 106 Å². The molecule has 1 aromatic carbocycles. The Labute approximate surface area is 219 Å². The number of fused-ring (bicyclic) bond motifs is 4. The van der Waals surface area contributed by atoms with Crippen LogP contribution >= 0.6 is 11.6 Å². The first-order chi connectivity index (χ1) is 17.1. The fourth-order valence-electron chi connectivity index (χ4n) is 8.29. The number of aliphatic hydroxyl groups is 1. The number of hydrogen-bond acceptors (Lipinski definition) is 4. The number of nitrogens with zero attached hydrogens (tertiary/aromatic N) is 3. The molecular weight excluding hydrogens is 477 g/mol. The van der Waals surface area contributed by atoms with E-state index in [0.29, 0.717) is 22.8 Å². The summed E-state index contributed by atoms with van der Waals surface area (Å²) in [6.45, 7) is 6.64. The molecule has 0 radical (unpaired) electrons. The maximum atomic E-state index is 14.6. The second-order valence-electron chi connectivity index (χ2n) is 12.6. The summed E-state index contributed by atoms with van der Waals surface area (Å²) in [5.74, 6) is 2.28. The molecule has 3 aliphatic rings. The zero-order valence-corrected chi connectivity index (χ0v) is 22.7. The van der Waals surface area contributed by atoms with E-state index in [1.807, 2.05) is 6.92 Å². The smallest absolute Gasteiger partial charge is 0.169 e. The second-order valence-corrected chi connectivity index (χ2v) is 13.0. The van der Waals surface area contributed by atoms with E-state index in [9.17, 15) is 14.3 Å². The summed E-state index contributed by atoms with van der Waals surface area (Å²) in [4.78, 5) is 13.3. The minimum atomic E-state index is -0.568. The summed E-state index contributed by atoms with van der Waals surface area (Å²) in [6.07, 6.45) is 12.1. The summed E-state index contributed by atoms with van der Waals surface area (Å²) in [5, 5.41) is 18.8. The number of carbonyl (C=O) groups excluding carboxylic acids is 1. The Kier molecular flexibility index (Phi) is 7.23. The number of Topliss-reactive ketones (excluding diaryl/α,β-unsaturated/α-hetero) is 1. The zero-order chi connectivity index (χ0) is 25.7. The van der Waals surface area contributed by atoms with Crippen molar-refractivity contribution in [3.05, 3.63) is 23.0 Å². The molecule has 5 rings (SSSR count). The highest BCUT2D eigenvalue weighted by molar-refractivity contribution is 6.31. The van der Waals surface area contributed by atoms with Crippen LogP contribution in [-0.2, 0) is 11.3 Å². The van der Waals surface area contributed by atoms with E-state index in [1.54, 1.807) is 6.07 Å². The van der Waals surface area contributed by atoms with Gasteiger partial charge < -0.3 is 5.11 Å². The van der Waals surface area contributed by atoms with Crippen LogP contribution in [0.4, 0.5) is 4.39 Å². The van der Waals surface area contributed by atoms with Crippen molar-refractivity contribution in [2.45, 2.75) is 104 Å². The monoisotopic (exact) mass is 517 g/mol. The predicted octanol–water partition coefficient (Wildman–Crippen LogP) is 6.98. The van der Waals surface area contributed by atoms with Crippen molar-refractivity contribution in [2.24, 2.45) is 35.0 Å². The SMILES string of the molecule is CC[C@H](CC[C@@H]1CCC[C@H]2[C@H]1CC[C@@H]1C[C@](C)(O)CC[C@@]12C)C(=O)Cn1nnc2ccc(Cl)c(F)c21. The Hall–Kier alpha value is -1.53. The summed E-state index contributed by atoms with van der Waals surface area (Å²) < 4.78 is 16.0. The Morgan fingerprint density at radius 3 is 2.83 bits per heavy atom. The van der Waals surface area contributed by atoms with Gasteiger partial charge in [0.05, 0.1) is 10.6 Å². The third kappa shape index (κ3) is 4.73. The molecule has 1 aromatic heterocycles.